The van der Waals surface area contributed by atoms with Crippen molar-refractivity contribution >= 4 is 23.6 Å². The zero-order valence-corrected chi connectivity index (χ0v) is 16.7. The van der Waals surface area contributed by atoms with Crippen LogP contribution in [0.25, 0.3) is 6.08 Å². The van der Waals surface area contributed by atoms with Crippen LogP contribution in [0.5, 0.6) is 5.75 Å². The van der Waals surface area contributed by atoms with Gasteiger partial charge in [-0.05, 0) is 55.3 Å². The molecule has 0 aliphatic carbocycles. The largest absolute Gasteiger partial charge is 0.494 e. The molecule has 8 heteroatoms. The monoisotopic (exact) mass is 420 g/mol. The molecule has 2 amide bonds. The lowest BCUT2D eigenvalue weighted by Gasteiger charge is -2.22. The first-order valence-electron chi connectivity index (χ1n) is 9.40. The Balaban J connectivity index is 2.00. The average Bonchev–Trinajstić information content (AvgIpc) is 2.71. The molecule has 160 valence electrons. The number of carbonyl (C=O) groups excluding carboxylic acids is 2. The fourth-order valence-corrected chi connectivity index (χ4v) is 2.67. The Morgan fingerprint density at radius 3 is 2.40 bits per heavy atom. The van der Waals surface area contributed by atoms with Crippen LogP contribution in [-0.4, -0.2) is 36.0 Å². The van der Waals surface area contributed by atoms with E-state index in [2.05, 4.69) is 5.32 Å². The average molecular weight is 420 g/mol. The number of nitrogens with one attached hydrogen (secondary N) is 1. The molecule has 0 atom stereocenters. The highest BCUT2D eigenvalue weighted by atomic mass is 19.4. The summed E-state index contributed by atoms with van der Waals surface area (Å²) in [6, 6.07) is 13.6. The summed E-state index contributed by atoms with van der Waals surface area (Å²) in [6.07, 6.45) is -1.93. The first-order valence-corrected chi connectivity index (χ1v) is 9.40. The molecule has 0 aliphatic heterocycles. The second-order valence-electron chi connectivity index (χ2n) is 6.34. The molecule has 30 heavy (non-hydrogen) atoms. The number of rotatable bonds is 8. The second kappa shape index (κ2) is 10.5. The van der Waals surface area contributed by atoms with Crippen molar-refractivity contribution in [2.24, 2.45) is 0 Å². The van der Waals surface area contributed by atoms with E-state index in [0.717, 1.165) is 11.3 Å². The molecule has 0 saturated carbocycles. The van der Waals surface area contributed by atoms with Crippen molar-refractivity contribution in [1.82, 2.24) is 4.90 Å². The molecule has 0 aliphatic rings. The normalized spacial score (nSPS) is 11.4. The van der Waals surface area contributed by atoms with E-state index < -0.39 is 12.1 Å². The van der Waals surface area contributed by atoms with E-state index in [1.54, 1.807) is 36.4 Å². The lowest BCUT2D eigenvalue weighted by Crippen LogP contribution is -2.40. The molecule has 0 unspecified atom stereocenters. The fourth-order valence-electron chi connectivity index (χ4n) is 2.67. The van der Waals surface area contributed by atoms with Crippen LogP contribution in [0.15, 0.2) is 54.6 Å². The Bertz CT molecular complexity index is 893. The maximum absolute atomic E-state index is 12.7. The number of ether oxygens (including phenoxy) is 1. The number of hydrogen-bond donors (Lipinski definition) is 1. The molecule has 2 aromatic carbocycles. The summed E-state index contributed by atoms with van der Waals surface area (Å²) < 4.78 is 43.3. The van der Waals surface area contributed by atoms with Crippen molar-refractivity contribution in [3.63, 3.8) is 0 Å². The van der Waals surface area contributed by atoms with Gasteiger partial charge >= 0.3 is 12.1 Å². The number of carbonyl (C=O) groups is 2. The summed E-state index contributed by atoms with van der Waals surface area (Å²) in [6.45, 7) is 3.64. The van der Waals surface area contributed by atoms with E-state index in [-0.39, 0.29) is 19.0 Å². The van der Waals surface area contributed by atoms with Crippen LogP contribution < -0.4 is 10.1 Å². The van der Waals surface area contributed by atoms with Crippen LogP contribution in [0.3, 0.4) is 0 Å². The zero-order valence-electron chi connectivity index (χ0n) is 16.7. The maximum Gasteiger partial charge on any atom is 0.471 e. The molecule has 0 radical (unpaired) electrons. The number of hydrogen-bond acceptors (Lipinski definition) is 3. The Kier molecular flexibility index (Phi) is 8.03. The van der Waals surface area contributed by atoms with Crippen molar-refractivity contribution in [3.05, 3.63) is 65.7 Å². The van der Waals surface area contributed by atoms with Gasteiger partial charge in [-0.1, -0.05) is 24.3 Å². The van der Waals surface area contributed by atoms with Crippen LogP contribution in [0.4, 0.5) is 18.9 Å². The van der Waals surface area contributed by atoms with E-state index in [1.165, 1.54) is 19.1 Å². The molecule has 5 nitrogen and oxygen atoms in total. The quantitative estimate of drug-likeness (QED) is 0.633. The van der Waals surface area contributed by atoms with Crippen molar-refractivity contribution < 1.29 is 27.5 Å². The zero-order chi connectivity index (χ0) is 22.1. The van der Waals surface area contributed by atoms with Crippen molar-refractivity contribution in [2.45, 2.75) is 26.6 Å². The van der Waals surface area contributed by atoms with Crippen LogP contribution in [0.1, 0.15) is 25.0 Å². The van der Waals surface area contributed by atoms with E-state index in [0.29, 0.717) is 22.8 Å². The van der Waals surface area contributed by atoms with Gasteiger partial charge in [-0.3, -0.25) is 9.59 Å². The third kappa shape index (κ3) is 6.95. The molecular weight excluding hydrogens is 397 g/mol. The smallest absolute Gasteiger partial charge is 0.471 e. The maximum atomic E-state index is 12.7. The highest BCUT2D eigenvalue weighted by Crippen LogP contribution is 2.21. The summed E-state index contributed by atoms with van der Waals surface area (Å²) in [4.78, 5) is 24.3. The number of amides is 2. The van der Waals surface area contributed by atoms with Gasteiger partial charge in [0, 0.05) is 24.9 Å². The second-order valence-corrected chi connectivity index (χ2v) is 6.34. The Labute approximate surface area is 173 Å². The van der Waals surface area contributed by atoms with Crippen molar-refractivity contribution in [3.8, 4) is 5.75 Å². The molecule has 0 bridgehead atoms. The molecule has 2 rings (SSSR count). The first kappa shape index (κ1) is 23.0. The van der Waals surface area contributed by atoms with E-state index in [1.807, 2.05) is 19.1 Å². The summed E-state index contributed by atoms with van der Waals surface area (Å²) in [5, 5.41) is 2.66. The Morgan fingerprint density at radius 2 is 1.80 bits per heavy atom. The number of benzene rings is 2. The number of halogens is 3. The standard InChI is InChI=1S/C22H23F3N2O3/c1-3-27(21(29)22(23,24)25)15-17-6-5-7-18(14-17)26-20(28)13-10-16-8-11-19(12-9-16)30-4-2/h5-14H,3-4,15H2,1-2H3,(H,26,28)/b13-10+. The van der Waals surface area contributed by atoms with Gasteiger partial charge in [0.15, 0.2) is 0 Å². The summed E-state index contributed by atoms with van der Waals surface area (Å²) in [5.41, 5.74) is 1.71. The molecule has 0 heterocycles. The van der Waals surface area contributed by atoms with Gasteiger partial charge in [0.05, 0.1) is 6.61 Å². The SMILES string of the molecule is CCOc1ccc(/C=C/C(=O)Nc2cccc(CN(CC)C(=O)C(F)(F)F)c2)cc1. The molecule has 1 N–H and O–H groups in total. The number of alkyl halides is 3. The lowest BCUT2D eigenvalue weighted by molar-refractivity contribution is -0.185. The topological polar surface area (TPSA) is 58.6 Å². The van der Waals surface area contributed by atoms with Crippen LogP contribution >= 0.6 is 0 Å². The predicted molar refractivity (Wildman–Crippen MR) is 109 cm³/mol. The Hall–Kier alpha value is -3.29. The van der Waals surface area contributed by atoms with Crippen LogP contribution in [0.2, 0.25) is 0 Å². The minimum atomic E-state index is -4.92. The fraction of sp³-hybridized carbons (Fsp3) is 0.273. The van der Waals surface area contributed by atoms with Crippen LogP contribution in [-0.2, 0) is 16.1 Å². The number of nitrogens with zero attached hydrogens (tertiary/aromatic N) is 1. The van der Waals surface area contributed by atoms with Gasteiger partial charge < -0.3 is 15.0 Å². The minimum Gasteiger partial charge on any atom is -0.494 e. The van der Waals surface area contributed by atoms with Gasteiger partial charge in [-0.15, -0.1) is 0 Å². The molecular formula is C22H23F3N2O3. The summed E-state index contributed by atoms with van der Waals surface area (Å²) >= 11 is 0. The molecule has 0 aromatic heterocycles. The van der Waals surface area contributed by atoms with E-state index in [9.17, 15) is 22.8 Å². The summed E-state index contributed by atoms with van der Waals surface area (Å²) in [5.74, 6) is -1.54. The molecule has 0 spiro atoms. The highest BCUT2D eigenvalue weighted by Gasteiger charge is 2.41. The lowest BCUT2D eigenvalue weighted by atomic mass is 10.1. The number of anilines is 1. The Morgan fingerprint density at radius 1 is 1.10 bits per heavy atom. The highest BCUT2D eigenvalue weighted by molar-refractivity contribution is 6.01. The van der Waals surface area contributed by atoms with E-state index in [4.69, 9.17) is 4.74 Å². The molecule has 0 fully saturated rings. The minimum absolute atomic E-state index is 0.0836. The van der Waals surface area contributed by atoms with Gasteiger partial charge in [0.1, 0.15) is 5.75 Å². The third-order valence-corrected chi connectivity index (χ3v) is 4.10. The molecule has 0 saturated heterocycles. The van der Waals surface area contributed by atoms with Crippen LogP contribution in [0, 0.1) is 0 Å². The summed E-state index contributed by atoms with van der Waals surface area (Å²) in [7, 11) is 0. The van der Waals surface area contributed by atoms with Crippen molar-refractivity contribution in [2.75, 3.05) is 18.5 Å². The third-order valence-electron chi connectivity index (χ3n) is 4.10. The van der Waals surface area contributed by atoms with Gasteiger partial charge in [0.25, 0.3) is 0 Å². The van der Waals surface area contributed by atoms with Gasteiger partial charge in [0.2, 0.25) is 5.91 Å². The first-order chi connectivity index (χ1) is 14.2. The van der Waals surface area contributed by atoms with Crippen molar-refractivity contribution in [1.29, 1.82) is 0 Å². The predicted octanol–water partition coefficient (Wildman–Crippen LogP) is 4.65. The van der Waals surface area contributed by atoms with E-state index >= 15 is 0 Å². The molecule has 2 aromatic rings. The van der Waals surface area contributed by atoms with Gasteiger partial charge in [-0.2, -0.15) is 13.2 Å². The van der Waals surface area contributed by atoms with Gasteiger partial charge in [-0.25, -0.2) is 0 Å².